The third kappa shape index (κ3) is 4.29. The highest BCUT2D eigenvalue weighted by Crippen LogP contribution is 2.33. The maximum atomic E-state index is 13.3. The number of hydrogen-bond donors (Lipinski definition) is 1. The van der Waals surface area contributed by atoms with Crippen LogP contribution < -0.4 is 10.7 Å². The molecule has 1 N–H and O–H groups in total. The third-order valence-electron chi connectivity index (χ3n) is 5.64. The van der Waals surface area contributed by atoms with E-state index in [1.165, 1.54) is 6.07 Å². The Morgan fingerprint density at radius 1 is 1.29 bits per heavy atom. The van der Waals surface area contributed by atoms with Crippen LogP contribution in [0.15, 0.2) is 51.8 Å². The van der Waals surface area contributed by atoms with Crippen molar-refractivity contribution in [1.29, 1.82) is 5.26 Å². The molecule has 0 aliphatic carbocycles. The fourth-order valence-electron chi connectivity index (χ4n) is 4.10. The second-order valence-corrected chi connectivity index (χ2v) is 8.23. The van der Waals surface area contributed by atoms with Gasteiger partial charge < -0.3 is 14.5 Å². The van der Waals surface area contributed by atoms with Gasteiger partial charge in [-0.05, 0) is 50.1 Å². The Morgan fingerprint density at radius 2 is 2.03 bits per heavy atom. The molecule has 0 amide bonds. The Morgan fingerprint density at radius 3 is 2.69 bits per heavy atom. The summed E-state index contributed by atoms with van der Waals surface area (Å²) in [6, 6.07) is 11.7. The lowest BCUT2D eigenvalue weighted by molar-refractivity contribution is -0.123. The third-order valence-corrected chi connectivity index (χ3v) is 5.64. The maximum Gasteiger partial charge on any atom is 0.347 e. The number of aromatic nitrogens is 2. The number of nitrogens with zero attached hydrogens (tertiary/aromatic N) is 3. The van der Waals surface area contributed by atoms with Crippen LogP contribution in [-0.4, -0.2) is 22.2 Å². The summed E-state index contributed by atoms with van der Waals surface area (Å²) in [5.41, 5.74) is 3.00. The number of nitrogens with one attached hydrogen (secondary N) is 1. The quantitative estimate of drug-likeness (QED) is 0.253. The summed E-state index contributed by atoms with van der Waals surface area (Å²) in [4.78, 5) is 36.2. The number of carbonyl (C=O) groups excluding carboxylic acids is 2. The molecule has 0 unspecified atom stereocenters. The van der Waals surface area contributed by atoms with Crippen LogP contribution >= 0.6 is 0 Å². The van der Waals surface area contributed by atoms with Gasteiger partial charge in [0.15, 0.2) is 5.76 Å². The molecule has 0 spiro atoms. The summed E-state index contributed by atoms with van der Waals surface area (Å²) in [5.74, 6) is -0.683. The number of hydrogen-bond acceptors (Lipinski definition) is 8. The standard InChI is InChI=1S/C26H22N4O5/c1-14-9-18(16(3)28-21-8-6-5-7-17(21)26(33)34-13-31)24-19(10-14)23(32)20(11-27)25(35-24)22-15(2)12-30(4)29-22/h5-10,12-13,16,28H,1-4H3/t16-/m1/s1. The zero-order chi connectivity index (χ0) is 25.3. The maximum absolute atomic E-state index is 13.3. The molecule has 2 aromatic carbocycles. The van der Waals surface area contributed by atoms with Gasteiger partial charge in [0, 0.05) is 24.5 Å². The molecule has 0 fully saturated rings. The lowest BCUT2D eigenvalue weighted by atomic mass is 9.99. The molecule has 0 aliphatic rings. The van der Waals surface area contributed by atoms with Gasteiger partial charge in [-0.3, -0.25) is 14.3 Å². The van der Waals surface area contributed by atoms with E-state index in [2.05, 4.69) is 15.2 Å². The Hall–Kier alpha value is -4.71. The largest absolute Gasteiger partial charge is 0.452 e. The number of carbonyl (C=O) groups is 2. The van der Waals surface area contributed by atoms with Gasteiger partial charge in [0.1, 0.15) is 22.9 Å². The van der Waals surface area contributed by atoms with Gasteiger partial charge >= 0.3 is 12.4 Å². The van der Waals surface area contributed by atoms with Gasteiger partial charge in [0.2, 0.25) is 5.43 Å². The summed E-state index contributed by atoms with van der Waals surface area (Å²) in [6.07, 6.45) is 1.77. The van der Waals surface area contributed by atoms with Crippen LogP contribution in [0, 0.1) is 25.2 Å². The lowest BCUT2D eigenvalue weighted by Gasteiger charge is -2.19. The Balaban J connectivity index is 1.90. The van der Waals surface area contributed by atoms with Crippen molar-refractivity contribution in [2.45, 2.75) is 26.8 Å². The minimum absolute atomic E-state index is 0.0825. The molecule has 0 saturated carbocycles. The molecule has 0 saturated heterocycles. The zero-order valence-electron chi connectivity index (χ0n) is 19.6. The smallest absolute Gasteiger partial charge is 0.347 e. The number of ether oxygens (including phenoxy) is 1. The van der Waals surface area contributed by atoms with Crippen LogP contribution in [-0.2, 0) is 16.6 Å². The number of para-hydroxylation sites is 1. The predicted octanol–water partition coefficient (Wildman–Crippen LogP) is 4.17. The van der Waals surface area contributed by atoms with Crippen molar-refractivity contribution in [2.75, 3.05) is 5.32 Å². The molecule has 176 valence electrons. The summed E-state index contributed by atoms with van der Waals surface area (Å²) in [6.45, 7) is 5.59. The van der Waals surface area contributed by atoms with E-state index in [9.17, 15) is 19.6 Å². The van der Waals surface area contributed by atoms with Gasteiger partial charge in [-0.1, -0.05) is 18.2 Å². The summed E-state index contributed by atoms with van der Waals surface area (Å²) >= 11 is 0. The number of esters is 1. The Kier molecular flexibility index (Phi) is 6.21. The fraction of sp³-hybridized carbons (Fsp3) is 0.192. The average molecular weight is 470 g/mol. The highest BCUT2D eigenvalue weighted by molar-refractivity contribution is 5.98. The Bertz CT molecular complexity index is 1580. The molecule has 0 radical (unpaired) electrons. The van der Waals surface area contributed by atoms with E-state index in [1.54, 1.807) is 42.2 Å². The van der Waals surface area contributed by atoms with Gasteiger partial charge in [-0.25, -0.2) is 4.79 Å². The van der Waals surface area contributed by atoms with E-state index in [0.717, 1.165) is 11.1 Å². The van der Waals surface area contributed by atoms with Crippen molar-refractivity contribution in [3.8, 4) is 17.5 Å². The Labute approximate surface area is 200 Å². The molecule has 1 atom stereocenters. The minimum Gasteiger partial charge on any atom is -0.452 e. The van der Waals surface area contributed by atoms with E-state index in [0.29, 0.717) is 22.5 Å². The monoisotopic (exact) mass is 470 g/mol. The summed E-state index contributed by atoms with van der Waals surface area (Å²) in [5, 5.41) is 17.7. The number of anilines is 1. The normalized spacial score (nSPS) is 11.6. The first-order valence-corrected chi connectivity index (χ1v) is 10.8. The highest BCUT2D eigenvalue weighted by Gasteiger charge is 2.24. The molecule has 9 heteroatoms. The number of benzene rings is 2. The van der Waals surface area contributed by atoms with Crippen molar-refractivity contribution >= 4 is 29.1 Å². The molecule has 9 nitrogen and oxygen atoms in total. The van der Waals surface area contributed by atoms with E-state index in [4.69, 9.17) is 4.42 Å². The molecule has 4 rings (SSSR count). The van der Waals surface area contributed by atoms with Crippen LogP contribution in [0.2, 0.25) is 0 Å². The predicted molar refractivity (Wildman–Crippen MR) is 129 cm³/mol. The van der Waals surface area contributed by atoms with Crippen LogP contribution in [0.1, 0.15) is 45.6 Å². The molecular weight excluding hydrogens is 448 g/mol. The molecular formula is C26H22N4O5. The second kappa shape index (κ2) is 9.27. The highest BCUT2D eigenvalue weighted by atomic mass is 16.6. The van der Waals surface area contributed by atoms with Crippen LogP contribution in [0.4, 0.5) is 5.69 Å². The number of fused-ring (bicyclic) bond motifs is 1. The minimum atomic E-state index is -0.789. The van der Waals surface area contributed by atoms with E-state index >= 15 is 0 Å². The first-order valence-electron chi connectivity index (χ1n) is 10.8. The molecule has 0 bridgehead atoms. The topological polar surface area (TPSA) is 127 Å². The van der Waals surface area contributed by atoms with Crippen molar-refractivity contribution in [3.63, 3.8) is 0 Å². The van der Waals surface area contributed by atoms with Crippen molar-refractivity contribution in [3.05, 3.63) is 80.6 Å². The van der Waals surface area contributed by atoms with Crippen LogP contribution in [0.3, 0.4) is 0 Å². The van der Waals surface area contributed by atoms with Gasteiger partial charge in [-0.2, -0.15) is 10.4 Å². The molecule has 35 heavy (non-hydrogen) atoms. The lowest BCUT2D eigenvalue weighted by Crippen LogP contribution is -2.15. The van der Waals surface area contributed by atoms with Gasteiger partial charge in [0.25, 0.3) is 0 Å². The van der Waals surface area contributed by atoms with Crippen molar-refractivity contribution < 1.29 is 18.7 Å². The number of rotatable bonds is 6. The summed E-state index contributed by atoms with van der Waals surface area (Å²) < 4.78 is 12.3. The van der Waals surface area contributed by atoms with Gasteiger partial charge in [-0.15, -0.1) is 0 Å². The number of aryl methyl sites for hydroxylation is 3. The summed E-state index contributed by atoms with van der Waals surface area (Å²) in [7, 11) is 1.75. The van der Waals surface area contributed by atoms with E-state index in [1.807, 2.05) is 32.9 Å². The van der Waals surface area contributed by atoms with Crippen molar-refractivity contribution in [2.24, 2.45) is 7.05 Å². The first-order chi connectivity index (χ1) is 16.7. The van der Waals surface area contributed by atoms with Crippen LogP contribution in [0.25, 0.3) is 22.4 Å². The first kappa shape index (κ1) is 23.4. The van der Waals surface area contributed by atoms with Crippen molar-refractivity contribution in [1.82, 2.24) is 9.78 Å². The molecule has 4 aromatic rings. The second-order valence-electron chi connectivity index (χ2n) is 8.23. The van der Waals surface area contributed by atoms with Gasteiger partial charge in [0.05, 0.1) is 17.0 Å². The van der Waals surface area contributed by atoms with E-state index in [-0.39, 0.29) is 28.7 Å². The average Bonchev–Trinajstić information content (AvgIpc) is 3.16. The molecule has 2 aromatic heterocycles. The van der Waals surface area contributed by atoms with Crippen LogP contribution in [0.5, 0.6) is 0 Å². The zero-order valence-corrected chi connectivity index (χ0v) is 19.6. The fourth-order valence-corrected chi connectivity index (χ4v) is 4.10. The number of nitriles is 1. The van der Waals surface area contributed by atoms with E-state index < -0.39 is 17.4 Å². The SMILES string of the molecule is Cc1cc([C@@H](C)Nc2ccccc2C(=O)OC=O)c2oc(-c3nn(C)cc3C)c(C#N)c(=O)c2c1. The molecule has 0 aliphatic heterocycles. The molecule has 2 heterocycles.